The molecular weight excluding hydrogens is 426 g/mol. The van der Waals surface area contributed by atoms with Gasteiger partial charge in [0, 0.05) is 18.0 Å². The molecule has 2 aliphatic carbocycles. The molecule has 2 heterocycles. The highest BCUT2D eigenvalue weighted by Crippen LogP contribution is 2.46. The molecule has 0 bridgehead atoms. The zero-order chi connectivity index (χ0) is 24.2. The first-order chi connectivity index (χ1) is 16.4. The first-order valence-corrected chi connectivity index (χ1v) is 13.0. The predicted octanol–water partition coefficient (Wildman–Crippen LogP) is 6.21. The van der Waals surface area contributed by atoms with Crippen LogP contribution in [-0.2, 0) is 9.53 Å². The number of Topliss-reactive ketones (excluding diaryl/α,β-unsaturated/α-hetero) is 1. The molecule has 1 aromatic rings. The van der Waals surface area contributed by atoms with Crippen LogP contribution in [0.4, 0.5) is 0 Å². The number of carboxylic acid groups (broad SMARTS) is 1. The van der Waals surface area contributed by atoms with Crippen molar-refractivity contribution in [1.29, 1.82) is 0 Å². The summed E-state index contributed by atoms with van der Waals surface area (Å²) in [7, 11) is 0. The molecule has 3 aliphatic rings. The third-order valence-corrected chi connectivity index (χ3v) is 8.36. The fraction of sp³-hybridized carbons (Fsp3) is 0.586. The van der Waals surface area contributed by atoms with Gasteiger partial charge in [0.1, 0.15) is 0 Å². The summed E-state index contributed by atoms with van der Waals surface area (Å²) in [5.74, 6) is 0.237. The molecule has 1 aromatic heterocycles. The van der Waals surface area contributed by atoms with E-state index in [0.717, 1.165) is 25.7 Å². The van der Waals surface area contributed by atoms with Crippen LogP contribution in [0, 0.1) is 35.5 Å². The van der Waals surface area contributed by atoms with Crippen LogP contribution in [0.15, 0.2) is 54.3 Å². The maximum Gasteiger partial charge on any atom is 0.308 e. The van der Waals surface area contributed by atoms with Crippen molar-refractivity contribution >= 4 is 11.8 Å². The average Bonchev–Trinajstić information content (AvgIpc) is 3.53. The molecule has 5 heteroatoms. The zero-order valence-electron chi connectivity index (χ0n) is 20.7. The van der Waals surface area contributed by atoms with Crippen LogP contribution in [0.25, 0.3) is 0 Å². The van der Waals surface area contributed by atoms with Crippen molar-refractivity contribution in [2.75, 3.05) is 0 Å². The fourth-order valence-electron chi connectivity index (χ4n) is 6.26. The summed E-state index contributed by atoms with van der Waals surface area (Å²) >= 11 is 0. The summed E-state index contributed by atoms with van der Waals surface area (Å²) in [6.07, 6.45) is 18.6. The summed E-state index contributed by atoms with van der Waals surface area (Å²) in [5.41, 5.74) is 1.90. The number of ether oxygens (including phenoxy) is 1. The summed E-state index contributed by atoms with van der Waals surface area (Å²) in [5, 5.41) is 9.43. The van der Waals surface area contributed by atoms with Crippen molar-refractivity contribution < 1.29 is 19.4 Å². The van der Waals surface area contributed by atoms with Crippen LogP contribution in [-0.4, -0.2) is 34.1 Å². The van der Waals surface area contributed by atoms with Gasteiger partial charge in [-0.1, -0.05) is 50.6 Å². The first-order valence-electron chi connectivity index (χ1n) is 13.0. The first kappa shape index (κ1) is 24.7. The third-order valence-electron chi connectivity index (χ3n) is 8.36. The number of carbonyl (C=O) groups excluding carboxylic acids is 1. The molecular formula is C29H39NO4. The second-order valence-corrected chi connectivity index (χ2v) is 10.5. The number of hydrogen-bond acceptors (Lipinski definition) is 3. The standard InChI is InChI=1S/C29H39NO4/c1-4-20(28-18(2)13-16-25(34-28)19(3)29(32)33)8-5-10-22-15-14-21-9-6-11-23(21)26(22)27(31)24-12-7-17-30-24/h5,7-8,10,12,14-15,17-19,21-23,25-26,28,30H,4,6,9,11,13,16H2,1-3H3,(H,32,33)/b10-5+,20-8-/t18-,19-,21+,22-,23-,25+,26+,28-/m0/s1. The zero-order valence-corrected chi connectivity index (χ0v) is 20.7. The van der Waals surface area contributed by atoms with Crippen molar-refractivity contribution in [1.82, 2.24) is 4.98 Å². The van der Waals surface area contributed by atoms with Crippen LogP contribution in [0.1, 0.15) is 69.8 Å². The van der Waals surface area contributed by atoms with Crippen molar-refractivity contribution in [3.05, 3.63) is 60.0 Å². The lowest BCUT2D eigenvalue weighted by Gasteiger charge is -2.37. The molecule has 0 spiro atoms. The Morgan fingerprint density at radius 3 is 2.76 bits per heavy atom. The van der Waals surface area contributed by atoms with Gasteiger partial charge in [-0.15, -0.1) is 0 Å². The Bertz CT molecular complexity index is 943. The van der Waals surface area contributed by atoms with E-state index in [-0.39, 0.29) is 29.8 Å². The van der Waals surface area contributed by atoms with Crippen LogP contribution < -0.4 is 0 Å². The van der Waals surface area contributed by atoms with E-state index < -0.39 is 11.9 Å². The maximum absolute atomic E-state index is 13.4. The van der Waals surface area contributed by atoms with Crippen LogP contribution >= 0.6 is 0 Å². The number of rotatable bonds is 8. The quantitative estimate of drug-likeness (QED) is 0.272. The Hall–Kier alpha value is -2.40. The Kier molecular flexibility index (Phi) is 7.92. The van der Waals surface area contributed by atoms with Gasteiger partial charge in [0.15, 0.2) is 5.78 Å². The van der Waals surface area contributed by atoms with Crippen LogP contribution in [0.5, 0.6) is 0 Å². The number of allylic oxidation sites excluding steroid dienone is 5. The van der Waals surface area contributed by atoms with Gasteiger partial charge in [-0.2, -0.15) is 0 Å². The van der Waals surface area contributed by atoms with E-state index in [0.29, 0.717) is 23.4 Å². The number of aliphatic carboxylic acids is 1. The monoisotopic (exact) mass is 465 g/mol. The van der Waals surface area contributed by atoms with Crippen molar-refractivity contribution in [3.8, 4) is 0 Å². The number of aromatic nitrogens is 1. The number of hydrogen-bond donors (Lipinski definition) is 2. The molecule has 0 radical (unpaired) electrons. The van der Waals surface area contributed by atoms with E-state index in [2.05, 4.69) is 49.2 Å². The molecule has 2 fully saturated rings. The van der Waals surface area contributed by atoms with Gasteiger partial charge < -0.3 is 14.8 Å². The highest BCUT2D eigenvalue weighted by molar-refractivity contribution is 5.97. The van der Waals surface area contributed by atoms with E-state index in [1.807, 2.05) is 18.3 Å². The highest BCUT2D eigenvalue weighted by Gasteiger charge is 2.42. The molecule has 184 valence electrons. The molecule has 0 unspecified atom stereocenters. The molecule has 0 aromatic carbocycles. The minimum absolute atomic E-state index is 0.0310. The number of carbonyl (C=O) groups is 2. The van der Waals surface area contributed by atoms with Gasteiger partial charge in [-0.05, 0) is 74.5 Å². The number of H-pyrrole nitrogens is 1. The average molecular weight is 466 g/mol. The van der Waals surface area contributed by atoms with E-state index in [1.54, 1.807) is 6.92 Å². The predicted molar refractivity (Wildman–Crippen MR) is 133 cm³/mol. The van der Waals surface area contributed by atoms with E-state index in [1.165, 1.54) is 18.4 Å². The summed E-state index contributed by atoms with van der Waals surface area (Å²) in [4.78, 5) is 28.0. The van der Waals surface area contributed by atoms with Crippen molar-refractivity contribution in [2.45, 2.75) is 71.5 Å². The number of aromatic amines is 1. The number of nitrogens with one attached hydrogen (secondary N) is 1. The van der Waals surface area contributed by atoms with Gasteiger partial charge in [0.05, 0.1) is 23.8 Å². The smallest absolute Gasteiger partial charge is 0.308 e. The lowest BCUT2D eigenvalue weighted by atomic mass is 9.69. The molecule has 34 heavy (non-hydrogen) atoms. The Morgan fingerprint density at radius 2 is 2.06 bits per heavy atom. The lowest BCUT2D eigenvalue weighted by Crippen LogP contribution is -2.40. The largest absolute Gasteiger partial charge is 0.481 e. The molecule has 5 nitrogen and oxygen atoms in total. The SMILES string of the molecule is CC/C(=C/C=C/[C@H]1C=C[C@H]2CCC[C@@H]2[C@@H]1C(=O)c1ccc[nH]1)[C@H]1O[C@@H]([C@H](C)C(=O)O)CC[C@@H]1C. The van der Waals surface area contributed by atoms with Gasteiger partial charge in [-0.3, -0.25) is 9.59 Å². The number of carboxylic acids is 1. The fourth-order valence-corrected chi connectivity index (χ4v) is 6.26. The number of ketones is 1. The van der Waals surface area contributed by atoms with E-state index in [4.69, 9.17) is 4.74 Å². The normalized spacial score (nSPS) is 34.8. The lowest BCUT2D eigenvalue weighted by molar-refractivity contribution is -0.152. The van der Waals surface area contributed by atoms with E-state index in [9.17, 15) is 14.7 Å². The van der Waals surface area contributed by atoms with Crippen LogP contribution in [0.2, 0.25) is 0 Å². The highest BCUT2D eigenvalue weighted by atomic mass is 16.5. The van der Waals surface area contributed by atoms with Crippen molar-refractivity contribution in [2.24, 2.45) is 35.5 Å². The molecule has 0 amide bonds. The molecule has 1 saturated carbocycles. The van der Waals surface area contributed by atoms with Gasteiger partial charge in [0.2, 0.25) is 0 Å². The molecule has 4 rings (SSSR count). The Balaban J connectivity index is 1.53. The Morgan fingerprint density at radius 1 is 1.24 bits per heavy atom. The second kappa shape index (κ2) is 10.9. The van der Waals surface area contributed by atoms with Crippen molar-refractivity contribution in [3.63, 3.8) is 0 Å². The Labute approximate surface area is 203 Å². The second-order valence-electron chi connectivity index (χ2n) is 10.5. The maximum atomic E-state index is 13.4. The molecule has 8 atom stereocenters. The third kappa shape index (κ3) is 5.14. The molecule has 1 aliphatic heterocycles. The molecule has 1 saturated heterocycles. The van der Waals surface area contributed by atoms with E-state index >= 15 is 0 Å². The van der Waals surface area contributed by atoms with Gasteiger partial charge in [-0.25, -0.2) is 0 Å². The summed E-state index contributed by atoms with van der Waals surface area (Å²) < 4.78 is 6.33. The summed E-state index contributed by atoms with van der Waals surface area (Å²) in [6, 6.07) is 3.78. The van der Waals surface area contributed by atoms with Gasteiger partial charge in [0.25, 0.3) is 0 Å². The minimum Gasteiger partial charge on any atom is -0.481 e. The molecule has 2 N–H and O–H groups in total. The minimum atomic E-state index is -0.799. The topological polar surface area (TPSA) is 79.4 Å². The van der Waals surface area contributed by atoms with Gasteiger partial charge >= 0.3 is 5.97 Å². The summed E-state index contributed by atoms with van der Waals surface area (Å²) in [6.45, 7) is 6.05. The number of fused-ring (bicyclic) bond motifs is 1. The van der Waals surface area contributed by atoms with Crippen LogP contribution in [0.3, 0.4) is 0 Å².